The second kappa shape index (κ2) is 9.20. The highest BCUT2D eigenvalue weighted by molar-refractivity contribution is 8.00. The van der Waals surface area contributed by atoms with Gasteiger partial charge in [0.2, 0.25) is 15.9 Å². The summed E-state index contributed by atoms with van der Waals surface area (Å²) in [5, 5.41) is 2.67. The lowest BCUT2D eigenvalue weighted by Gasteiger charge is -2.34. The number of aryl methyl sites for hydroxylation is 1. The number of carbonyl (C=O) groups excluding carboxylic acids is 1. The second-order valence-electron chi connectivity index (χ2n) is 7.48. The van der Waals surface area contributed by atoms with Crippen LogP contribution in [-0.4, -0.2) is 55.5 Å². The van der Waals surface area contributed by atoms with Crippen molar-refractivity contribution in [3.05, 3.63) is 71.2 Å². The summed E-state index contributed by atoms with van der Waals surface area (Å²) in [6, 6.07) is 18.5. The summed E-state index contributed by atoms with van der Waals surface area (Å²) in [6.45, 7) is 3.30. The van der Waals surface area contributed by atoms with Crippen molar-refractivity contribution in [1.82, 2.24) is 9.21 Å². The number of piperazine rings is 1. The second-order valence-corrected chi connectivity index (χ2v) is 10.8. The van der Waals surface area contributed by atoms with Crippen molar-refractivity contribution in [2.24, 2.45) is 0 Å². The molecule has 1 aliphatic rings. The molecular weight excluding hydrogens is 452 g/mol. The van der Waals surface area contributed by atoms with Crippen molar-refractivity contribution < 1.29 is 13.2 Å². The van der Waals surface area contributed by atoms with Crippen LogP contribution < -0.4 is 0 Å². The highest BCUT2D eigenvalue weighted by Crippen LogP contribution is 2.33. The van der Waals surface area contributed by atoms with Crippen LogP contribution in [0.4, 0.5) is 0 Å². The standard InChI is InChI=1S/C23H23ClN2O3S2/c1-17-8-10-19(11-9-17)31(28,29)26-14-12-25(13-15-26)22(27)16-30-21-7-3-5-18-4-2-6-20(24)23(18)21/h2-11H,12-16H2,1H3. The van der Waals surface area contributed by atoms with E-state index in [2.05, 4.69) is 0 Å². The number of benzene rings is 3. The van der Waals surface area contributed by atoms with E-state index in [-0.39, 0.29) is 11.7 Å². The molecule has 0 spiro atoms. The van der Waals surface area contributed by atoms with Crippen LogP contribution >= 0.6 is 23.4 Å². The van der Waals surface area contributed by atoms with Crippen molar-refractivity contribution in [3.8, 4) is 0 Å². The molecule has 0 bridgehead atoms. The molecule has 1 saturated heterocycles. The Bertz CT molecular complexity index is 1200. The number of hydrogen-bond acceptors (Lipinski definition) is 4. The number of hydrogen-bond donors (Lipinski definition) is 0. The minimum absolute atomic E-state index is 0.00133. The third kappa shape index (κ3) is 4.75. The monoisotopic (exact) mass is 474 g/mol. The topological polar surface area (TPSA) is 57.7 Å². The zero-order valence-electron chi connectivity index (χ0n) is 17.1. The van der Waals surface area contributed by atoms with Gasteiger partial charge in [0, 0.05) is 41.5 Å². The van der Waals surface area contributed by atoms with Crippen LogP contribution in [0.5, 0.6) is 0 Å². The summed E-state index contributed by atoms with van der Waals surface area (Å²) >= 11 is 7.84. The summed E-state index contributed by atoms with van der Waals surface area (Å²) in [6.07, 6.45) is 0. The number of rotatable bonds is 5. The van der Waals surface area contributed by atoms with Crippen LogP contribution in [0.25, 0.3) is 10.8 Å². The molecule has 1 amide bonds. The summed E-state index contributed by atoms with van der Waals surface area (Å²) in [7, 11) is -3.54. The summed E-state index contributed by atoms with van der Waals surface area (Å²) < 4.78 is 27.2. The fraction of sp³-hybridized carbons (Fsp3) is 0.261. The third-order valence-corrected chi connectivity index (χ3v) is 8.69. The van der Waals surface area contributed by atoms with E-state index in [1.165, 1.54) is 16.1 Å². The average molecular weight is 475 g/mol. The number of carbonyl (C=O) groups is 1. The van der Waals surface area contributed by atoms with Gasteiger partial charge in [0.25, 0.3) is 0 Å². The van der Waals surface area contributed by atoms with Gasteiger partial charge in [-0.3, -0.25) is 4.79 Å². The summed E-state index contributed by atoms with van der Waals surface area (Å²) in [5.74, 6) is 0.288. The zero-order valence-corrected chi connectivity index (χ0v) is 19.5. The van der Waals surface area contributed by atoms with Gasteiger partial charge in [-0.15, -0.1) is 11.8 Å². The molecule has 4 rings (SSSR count). The van der Waals surface area contributed by atoms with Crippen LogP contribution in [0, 0.1) is 6.92 Å². The molecular formula is C23H23ClN2O3S2. The van der Waals surface area contributed by atoms with Gasteiger partial charge in [0.1, 0.15) is 0 Å². The molecule has 8 heteroatoms. The van der Waals surface area contributed by atoms with E-state index in [0.29, 0.717) is 36.1 Å². The SMILES string of the molecule is Cc1ccc(S(=O)(=O)N2CCN(C(=O)CSc3cccc4cccc(Cl)c34)CC2)cc1. The molecule has 3 aromatic carbocycles. The van der Waals surface area contributed by atoms with E-state index in [9.17, 15) is 13.2 Å². The zero-order chi connectivity index (χ0) is 22.0. The smallest absolute Gasteiger partial charge is 0.243 e. The van der Waals surface area contributed by atoms with Crippen LogP contribution in [0.2, 0.25) is 5.02 Å². The van der Waals surface area contributed by atoms with E-state index in [1.807, 2.05) is 43.3 Å². The van der Waals surface area contributed by atoms with Crippen molar-refractivity contribution in [2.75, 3.05) is 31.9 Å². The van der Waals surface area contributed by atoms with Gasteiger partial charge < -0.3 is 4.90 Å². The Morgan fingerprint density at radius 3 is 2.29 bits per heavy atom. The van der Waals surface area contributed by atoms with Crippen molar-refractivity contribution >= 4 is 50.1 Å². The minimum atomic E-state index is -3.54. The van der Waals surface area contributed by atoms with Gasteiger partial charge in [-0.05, 0) is 36.6 Å². The maximum atomic E-state index is 12.8. The van der Waals surface area contributed by atoms with Crippen LogP contribution in [-0.2, 0) is 14.8 Å². The van der Waals surface area contributed by atoms with E-state index < -0.39 is 10.0 Å². The average Bonchev–Trinajstić information content (AvgIpc) is 2.78. The highest BCUT2D eigenvalue weighted by atomic mass is 35.5. The largest absolute Gasteiger partial charge is 0.339 e. The van der Waals surface area contributed by atoms with Gasteiger partial charge in [-0.2, -0.15) is 4.31 Å². The first kappa shape index (κ1) is 22.1. The van der Waals surface area contributed by atoms with Crippen molar-refractivity contribution in [2.45, 2.75) is 16.7 Å². The van der Waals surface area contributed by atoms with Crippen molar-refractivity contribution in [1.29, 1.82) is 0 Å². The molecule has 3 aromatic rings. The molecule has 0 atom stereocenters. The molecule has 1 heterocycles. The highest BCUT2D eigenvalue weighted by Gasteiger charge is 2.30. The number of fused-ring (bicyclic) bond motifs is 1. The Kier molecular flexibility index (Phi) is 6.57. The number of sulfonamides is 1. The molecule has 1 fully saturated rings. The number of amides is 1. The number of halogens is 1. The maximum absolute atomic E-state index is 12.8. The van der Waals surface area contributed by atoms with Crippen LogP contribution in [0.1, 0.15) is 5.56 Å². The lowest BCUT2D eigenvalue weighted by atomic mass is 10.1. The van der Waals surface area contributed by atoms with Gasteiger partial charge in [-0.1, -0.05) is 53.6 Å². The Morgan fingerprint density at radius 2 is 1.61 bits per heavy atom. The third-order valence-electron chi connectivity index (χ3n) is 5.42. The van der Waals surface area contributed by atoms with Gasteiger partial charge in [0.15, 0.2) is 0 Å². The fourth-order valence-electron chi connectivity index (χ4n) is 3.65. The molecule has 162 valence electrons. The Labute approximate surface area is 192 Å². The minimum Gasteiger partial charge on any atom is -0.339 e. The quantitative estimate of drug-likeness (QED) is 0.513. The Hall–Kier alpha value is -2.06. The van der Waals surface area contributed by atoms with Gasteiger partial charge in [-0.25, -0.2) is 8.42 Å². The molecule has 0 aromatic heterocycles. The number of nitrogens with zero attached hydrogens (tertiary/aromatic N) is 2. The maximum Gasteiger partial charge on any atom is 0.243 e. The van der Waals surface area contributed by atoms with E-state index in [1.54, 1.807) is 29.2 Å². The molecule has 0 aliphatic carbocycles. The lowest BCUT2D eigenvalue weighted by molar-refractivity contribution is -0.129. The first-order chi connectivity index (χ1) is 14.9. The predicted molar refractivity (Wildman–Crippen MR) is 126 cm³/mol. The first-order valence-corrected chi connectivity index (χ1v) is 12.8. The number of thioether (sulfide) groups is 1. The molecule has 1 aliphatic heterocycles. The summed E-state index contributed by atoms with van der Waals surface area (Å²) in [4.78, 5) is 15.8. The van der Waals surface area contributed by atoms with E-state index >= 15 is 0 Å². The van der Waals surface area contributed by atoms with Crippen LogP contribution in [0.15, 0.2) is 70.5 Å². The van der Waals surface area contributed by atoms with Gasteiger partial charge >= 0.3 is 0 Å². The molecule has 5 nitrogen and oxygen atoms in total. The Balaban J connectivity index is 1.37. The fourth-order valence-corrected chi connectivity index (χ4v) is 6.42. The van der Waals surface area contributed by atoms with E-state index in [4.69, 9.17) is 11.6 Å². The first-order valence-electron chi connectivity index (χ1n) is 10.0. The van der Waals surface area contributed by atoms with E-state index in [0.717, 1.165) is 21.2 Å². The van der Waals surface area contributed by atoms with Gasteiger partial charge in [0.05, 0.1) is 10.6 Å². The predicted octanol–water partition coefficient (Wildman–Crippen LogP) is 4.43. The molecule has 0 radical (unpaired) electrons. The van der Waals surface area contributed by atoms with Crippen molar-refractivity contribution in [3.63, 3.8) is 0 Å². The molecule has 0 saturated carbocycles. The van der Waals surface area contributed by atoms with Crippen LogP contribution in [0.3, 0.4) is 0 Å². The normalized spacial score (nSPS) is 15.4. The molecule has 31 heavy (non-hydrogen) atoms. The molecule has 0 N–H and O–H groups in total. The lowest BCUT2D eigenvalue weighted by Crippen LogP contribution is -2.50. The Morgan fingerprint density at radius 1 is 0.968 bits per heavy atom. The molecule has 0 unspecified atom stereocenters. The summed E-state index contributed by atoms with van der Waals surface area (Å²) in [5.41, 5.74) is 1.01.